The Hall–Kier alpha value is -3.31. The second-order valence-corrected chi connectivity index (χ2v) is 8.36. The third kappa shape index (κ3) is 5.78. The van der Waals surface area contributed by atoms with Crippen molar-refractivity contribution in [1.29, 1.82) is 0 Å². The number of fused-ring (bicyclic) bond motifs is 1. The molecule has 1 N–H and O–H groups in total. The number of carbonyl (C=O) groups is 2. The Labute approximate surface area is 206 Å². The number of hydrogen-bond acceptors (Lipinski definition) is 4. The van der Waals surface area contributed by atoms with Gasteiger partial charge in [0.1, 0.15) is 0 Å². The summed E-state index contributed by atoms with van der Waals surface area (Å²) >= 11 is 6.15. The molecule has 0 saturated heterocycles. The van der Waals surface area contributed by atoms with E-state index in [2.05, 4.69) is 16.3 Å². The number of esters is 1. The molecule has 5 nitrogen and oxygen atoms in total. The molecule has 0 aromatic heterocycles. The summed E-state index contributed by atoms with van der Waals surface area (Å²) in [4.78, 5) is 27.1. The first-order chi connectivity index (χ1) is 16.5. The number of benzene rings is 3. The van der Waals surface area contributed by atoms with Crippen LogP contribution in [0.4, 0.5) is 5.69 Å². The van der Waals surface area contributed by atoms with Crippen LogP contribution in [0.2, 0.25) is 5.02 Å². The number of anilines is 1. The van der Waals surface area contributed by atoms with Crippen LogP contribution >= 0.6 is 11.6 Å². The summed E-state index contributed by atoms with van der Waals surface area (Å²) in [6, 6.07) is 20.6. The molecule has 6 heteroatoms. The topological polar surface area (TPSA) is 58.6 Å². The van der Waals surface area contributed by atoms with E-state index in [1.165, 1.54) is 12.7 Å². The maximum atomic E-state index is 13.2. The van der Waals surface area contributed by atoms with Crippen molar-refractivity contribution in [3.8, 4) is 0 Å². The van der Waals surface area contributed by atoms with Crippen LogP contribution in [-0.2, 0) is 17.7 Å². The molecule has 0 bridgehead atoms. The van der Waals surface area contributed by atoms with Crippen molar-refractivity contribution in [3.05, 3.63) is 99.6 Å². The highest BCUT2D eigenvalue weighted by molar-refractivity contribution is 6.30. The van der Waals surface area contributed by atoms with Crippen molar-refractivity contribution < 1.29 is 14.3 Å². The minimum Gasteiger partial charge on any atom is -0.465 e. The van der Waals surface area contributed by atoms with Crippen molar-refractivity contribution in [2.75, 3.05) is 18.6 Å². The number of nitrogens with zero attached hydrogens (tertiary/aromatic N) is 1. The molecule has 1 atom stereocenters. The first kappa shape index (κ1) is 25.3. The molecule has 0 fully saturated rings. The molecular weight excluding hydrogens is 448 g/mol. The molecular formula is C28H31ClN2O3. The molecule has 1 amide bonds. The lowest BCUT2D eigenvalue weighted by atomic mass is 10.0. The average Bonchev–Trinajstić information content (AvgIpc) is 3.27. The minimum atomic E-state index is -0.382. The van der Waals surface area contributed by atoms with Crippen molar-refractivity contribution in [3.63, 3.8) is 0 Å². The van der Waals surface area contributed by atoms with Crippen LogP contribution in [0.5, 0.6) is 0 Å². The first-order valence-electron chi connectivity index (χ1n) is 11.6. The molecule has 0 saturated carbocycles. The van der Waals surface area contributed by atoms with Gasteiger partial charge in [0.05, 0.1) is 30.0 Å². The van der Waals surface area contributed by atoms with Crippen LogP contribution in [0.1, 0.15) is 64.2 Å². The van der Waals surface area contributed by atoms with Gasteiger partial charge in [-0.2, -0.15) is 0 Å². The Bertz CT molecular complexity index is 1140. The molecule has 34 heavy (non-hydrogen) atoms. The number of carbonyl (C=O) groups excluding carboxylic acids is 2. The zero-order valence-electron chi connectivity index (χ0n) is 20.1. The van der Waals surface area contributed by atoms with Gasteiger partial charge >= 0.3 is 5.97 Å². The van der Waals surface area contributed by atoms with Gasteiger partial charge in [0.15, 0.2) is 0 Å². The number of rotatable bonds is 6. The van der Waals surface area contributed by atoms with Gasteiger partial charge in [0.25, 0.3) is 5.91 Å². The molecule has 178 valence electrons. The molecule has 0 unspecified atom stereocenters. The van der Waals surface area contributed by atoms with Gasteiger partial charge in [-0.3, -0.25) is 4.79 Å². The summed E-state index contributed by atoms with van der Waals surface area (Å²) < 4.78 is 4.74. The standard InChI is InChI=1S/C26H25ClN2O3.C2H6/c1-17(19-9-11-21(12-10-19)26(31)32-2)28-25(30)23-8-4-6-20-13-14-29(24(20)23)16-18-5-3-7-22(27)15-18;1-2/h3-12,15,17H,13-14,16H2,1-2H3,(H,28,30);1-2H3/t17-;/m0./s1. The van der Waals surface area contributed by atoms with E-state index in [9.17, 15) is 9.59 Å². The number of hydrogen-bond donors (Lipinski definition) is 1. The van der Waals surface area contributed by atoms with Gasteiger partial charge in [0, 0.05) is 18.1 Å². The maximum absolute atomic E-state index is 13.2. The molecule has 3 aromatic carbocycles. The SMILES string of the molecule is CC.COC(=O)c1ccc([C@H](C)NC(=O)c2cccc3c2N(Cc2cccc(Cl)c2)CC3)cc1. The summed E-state index contributed by atoms with van der Waals surface area (Å²) in [5.41, 5.74) is 5.33. The average molecular weight is 479 g/mol. The van der Waals surface area contributed by atoms with E-state index in [0.717, 1.165) is 29.8 Å². The van der Waals surface area contributed by atoms with Gasteiger partial charge < -0.3 is 15.0 Å². The predicted molar refractivity (Wildman–Crippen MR) is 138 cm³/mol. The third-order valence-electron chi connectivity index (χ3n) is 5.77. The second kappa shape index (κ2) is 11.7. The van der Waals surface area contributed by atoms with Crippen molar-refractivity contribution >= 4 is 29.2 Å². The highest BCUT2D eigenvalue weighted by atomic mass is 35.5. The van der Waals surface area contributed by atoms with Gasteiger partial charge in [-0.1, -0.05) is 61.8 Å². The minimum absolute atomic E-state index is 0.121. The van der Waals surface area contributed by atoms with E-state index in [-0.39, 0.29) is 17.9 Å². The number of para-hydroxylation sites is 1. The quantitative estimate of drug-likeness (QED) is 0.428. The fourth-order valence-corrected chi connectivity index (χ4v) is 4.33. The Morgan fingerprint density at radius 3 is 2.44 bits per heavy atom. The fourth-order valence-electron chi connectivity index (χ4n) is 4.11. The summed E-state index contributed by atoms with van der Waals surface area (Å²) in [6.45, 7) is 7.48. The largest absolute Gasteiger partial charge is 0.465 e. The van der Waals surface area contributed by atoms with Crippen molar-refractivity contribution in [2.45, 2.75) is 39.8 Å². The summed E-state index contributed by atoms with van der Waals surface area (Å²) in [6.07, 6.45) is 0.904. The Morgan fingerprint density at radius 2 is 1.76 bits per heavy atom. The normalized spacial score (nSPS) is 12.8. The van der Waals surface area contributed by atoms with Crippen LogP contribution < -0.4 is 10.2 Å². The molecule has 4 rings (SSSR count). The van der Waals surface area contributed by atoms with Gasteiger partial charge in [-0.05, 0) is 60.4 Å². The lowest BCUT2D eigenvalue weighted by Crippen LogP contribution is -2.29. The molecule has 1 aliphatic rings. The number of methoxy groups -OCH3 is 1. The zero-order chi connectivity index (χ0) is 24.7. The van der Waals surface area contributed by atoms with E-state index in [1.807, 2.05) is 69.3 Å². The van der Waals surface area contributed by atoms with Crippen molar-refractivity contribution in [2.24, 2.45) is 0 Å². The number of amides is 1. The smallest absolute Gasteiger partial charge is 0.337 e. The summed E-state index contributed by atoms with van der Waals surface area (Å²) in [5.74, 6) is -0.503. The van der Waals surface area contributed by atoms with Gasteiger partial charge in [-0.15, -0.1) is 0 Å². The lowest BCUT2D eigenvalue weighted by molar-refractivity contribution is 0.0600. The summed E-state index contributed by atoms with van der Waals surface area (Å²) in [7, 11) is 1.35. The van der Waals surface area contributed by atoms with Crippen molar-refractivity contribution in [1.82, 2.24) is 5.32 Å². The summed E-state index contributed by atoms with van der Waals surface area (Å²) in [5, 5.41) is 3.80. The molecule has 0 radical (unpaired) electrons. The maximum Gasteiger partial charge on any atom is 0.337 e. The Morgan fingerprint density at radius 1 is 1.06 bits per heavy atom. The van der Waals surface area contributed by atoms with Crippen LogP contribution in [-0.4, -0.2) is 25.5 Å². The molecule has 3 aromatic rings. The zero-order valence-corrected chi connectivity index (χ0v) is 20.9. The van der Waals surface area contributed by atoms with Crippen LogP contribution in [0.15, 0.2) is 66.7 Å². The van der Waals surface area contributed by atoms with E-state index in [4.69, 9.17) is 16.3 Å². The third-order valence-corrected chi connectivity index (χ3v) is 6.01. The van der Waals surface area contributed by atoms with E-state index in [0.29, 0.717) is 22.7 Å². The van der Waals surface area contributed by atoms with E-state index < -0.39 is 0 Å². The van der Waals surface area contributed by atoms with Gasteiger partial charge in [-0.25, -0.2) is 4.79 Å². The second-order valence-electron chi connectivity index (χ2n) is 7.92. The number of halogens is 1. The van der Waals surface area contributed by atoms with E-state index >= 15 is 0 Å². The molecule has 1 aliphatic heterocycles. The van der Waals surface area contributed by atoms with Crippen LogP contribution in [0.25, 0.3) is 0 Å². The Kier molecular flexibility index (Phi) is 8.72. The fraction of sp³-hybridized carbons (Fsp3) is 0.286. The van der Waals surface area contributed by atoms with E-state index in [1.54, 1.807) is 12.1 Å². The highest BCUT2D eigenvalue weighted by Gasteiger charge is 2.26. The van der Waals surface area contributed by atoms with Gasteiger partial charge in [0.2, 0.25) is 0 Å². The monoisotopic (exact) mass is 478 g/mol. The number of nitrogens with one attached hydrogen (secondary N) is 1. The van der Waals surface area contributed by atoms with Crippen LogP contribution in [0, 0.1) is 0 Å². The molecule has 0 spiro atoms. The highest BCUT2D eigenvalue weighted by Crippen LogP contribution is 2.33. The molecule has 0 aliphatic carbocycles. The molecule has 1 heterocycles. The number of ether oxygens (including phenoxy) is 1. The first-order valence-corrected chi connectivity index (χ1v) is 11.9. The van der Waals surface area contributed by atoms with Crippen LogP contribution in [0.3, 0.4) is 0 Å². The predicted octanol–water partition coefficient (Wildman–Crippen LogP) is 6.21. The Balaban J connectivity index is 0.00000158. The lowest BCUT2D eigenvalue weighted by Gasteiger charge is -2.23.